The van der Waals surface area contributed by atoms with Crippen LogP contribution in [0.15, 0.2) is 24.3 Å². The Morgan fingerprint density at radius 1 is 1.18 bits per heavy atom. The van der Waals surface area contributed by atoms with Crippen molar-refractivity contribution < 1.29 is 0 Å². The average Bonchev–Trinajstić information content (AvgIpc) is 2.39. The first-order chi connectivity index (χ1) is 8.34. The number of hydrogen-bond acceptors (Lipinski definition) is 3. The number of nitrogens with one attached hydrogen (secondary N) is 2. The van der Waals surface area contributed by atoms with E-state index < -0.39 is 0 Å². The molecule has 2 aliphatic rings. The predicted molar refractivity (Wildman–Crippen MR) is 71.1 cm³/mol. The number of benzene rings is 1. The van der Waals surface area contributed by atoms with Gasteiger partial charge in [-0.25, -0.2) is 0 Å². The second-order valence-corrected chi connectivity index (χ2v) is 5.20. The van der Waals surface area contributed by atoms with Gasteiger partial charge in [-0.3, -0.25) is 4.90 Å². The summed E-state index contributed by atoms with van der Waals surface area (Å²) in [6.45, 7) is 3.17. The second-order valence-electron chi connectivity index (χ2n) is 4.79. The van der Waals surface area contributed by atoms with E-state index in [1.807, 2.05) is 0 Å². The molecule has 1 atom stereocenters. The molecule has 0 aliphatic carbocycles. The molecule has 1 aromatic rings. The van der Waals surface area contributed by atoms with Crippen LogP contribution in [0.3, 0.4) is 0 Å². The summed E-state index contributed by atoms with van der Waals surface area (Å²) in [6.07, 6.45) is 2.38. The first kappa shape index (κ1) is 11.3. The molecule has 1 unspecified atom stereocenters. The number of piperidine rings is 1. The van der Waals surface area contributed by atoms with E-state index in [4.69, 9.17) is 11.6 Å². The Morgan fingerprint density at radius 3 is 2.76 bits per heavy atom. The van der Waals surface area contributed by atoms with Crippen LogP contribution in [0, 0.1) is 0 Å². The molecule has 17 heavy (non-hydrogen) atoms. The monoisotopic (exact) mass is 251 g/mol. The maximum atomic E-state index is 6.44. The van der Waals surface area contributed by atoms with Crippen LogP contribution < -0.4 is 10.6 Å². The molecule has 0 aromatic heterocycles. The van der Waals surface area contributed by atoms with Gasteiger partial charge in [0.05, 0.1) is 0 Å². The molecule has 3 nitrogen and oxygen atoms in total. The first-order valence-corrected chi connectivity index (χ1v) is 6.73. The third-order valence-electron chi connectivity index (χ3n) is 3.71. The Balaban J connectivity index is 1.79. The van der Waals surface area contributed by atoms with Crippen LogP contribution in [-0.4, -0.2) is 29.7 Å². The van der Waals surface area contributed by atoms with E-state index in [0.29, 0.717) is 6.04 Å². The van der Waals surface area contributed by atoms with Gasteiger partial charge in [0, 0.05) is 18.3 Å². The highest BCUT2D eigenvalue weighted by atomic mass is 35.5. The summed E-state index contributed by atoms with van der Waals surface area (Å²) in [5.74, 6) is 0. The van der Waals surface area contributed by atoms with Gasteiger partial charge in [0.25, 0.3) is 0 Å². The summed E-state index contributed by atoms with van der Waals surface area (Å²) in [5, 5.41) is 6.78. The zero-order chi connectivity index (χ0) is 11.7. The van der Waals surface area contributed by atoms with E-state index >= 15 is 0 Å². The van der Waals surface area contributed by atoms with E-state index in [9.17, 15) is 0 Å². The Labute approximate surface area is 107 Å². The lowest BCUT2D eigenvalue weighted by Gasteiger charge is -2.41. The largest absolute Gasteiger partial charge is 0.357 e. The fourth-order valence-electron chi connectivity index (χ4n) is 2.74. The molecule has 1 aromatic carbocycles. The van der Waals surface area contributed by atoms with Crippen molar-refractivity contribution in [2.24, 2.45) is 0 Å². The van der Waals surface area contributed by atoms with Gasteiger partial charge < -0.3 is 10.6 Å². The number of para-hydroxylation sites is 1. The predicted octanol–water partition coefficient (Wildman–Crippen LogP) is 2.19. The zero-order valence-corrected chi connectivity index (χ0v) is 10.6. The van der Waals surface area contributed by atoms with Crippen molar-refractivity contribution in [2.45, 2.75) is 31.1 Å². The fraction of sp³-hybridized carbons (Fsp3) is 0.538. The van der Waals surface area contributed by atoms with E-state index in [0.717, 1.165) is 19.6 Å². The van der Waals surface area contributed by atoms with Crippen molar-refractivity contribution in [3.8, 4) is 0 Å². The molecule has 92 valence electrons. The number of halogens is 1. The third-order valence-corrected chi connectivity index (χ3v) is 4.07. The van der Waals surface area contributed by atoms with Crippen LogP contribution in [0.25, 0.3) is 0 Å². The van der Waals surface area contributed by atoms with Gasteiger partial charge in [-0.15, -0.1) is 0 Å². The van der Waals surface area contributed by atoms with Crippen LogP contribution in [0.4, 0.5) is 5.69 Å². The first-order valence-electron chi connectivity index (χ1n) is 6.29. The summed E-state index contributed by atoms with van der Waals surface area (Å²) >= 11 is 6.44. The van der Waals surface area contributed by atoms with E-state index in [1.165, 1.54) is 24.1 Å². The summed E-state index contributed by atoms with van der Waals surface area (Å²) in [4.78, 5) is 2.38. The SMILES string of the molecule is ClC1Nc2ccccc2CN1C1CCNCC1. The van der Waals surface area contributed by atoms with Gasteiger partial charge in [0.2, 0.25) is 0 Å². The Hall–Kier alpha value is -0.770. The lowest BCUT2D eigenvalue weighted by Crippen LogP contribution is -2.50. The van der Waals surface area contributed by atoms with Crippen LogP contribution >= 0.6 is 11.6 Å². The minimum Gasteiger partial charge on any atom is -0.357 e. The third kappa shape index (κ3) is 2.28. The molecule has 3 rings (SSSR count). The molecule has 2 aliphatic heterocycles. The average molecular weight is 252 g/mol. The number of fused-ring (bicyclic) bond motifs is 1. The second kappa shape index (κ2) is 4.84. The Morgan fingerprint density at radius 2 is 1.94 bits per heavy atom. The maximum absolute atomic E-state index is 6.44. The molecule has 1 fully saturated rings. The quantitative estimate of drug-likeness (QED) is 0.592. The number of anilines is 1. The van der Waals surface area contributed by atoms with E-state index in [2.05, 4.69) is 39.8 Å². The van der Waals surface area contributed by atoms with Gasteiger partial charge in [-0.05, 0) is 37.6 Å². The molecule has 2 N–H and O–H groups in total. The molecule has 0 radical (unpaired) electrons. The van der Waals surface area contributed by atoms with Crippen LogP contribution in [-0.2, 0) is 6.54 Å². The topological polar surface area (TPSA) is 27.3 Å². The van der Waals surface area contributed by atoms with Gasteiger partial charge >= 0.3 is 0 Å². The minimum absolute atomic E-state index is 0.0759. The molecule has 0 spiro atoms. The smallest absolute Gasteiger partial charge is 0.158 e. The Bertz CT molecular complexity index is 390. The summed E-state index contributed by atoms with van der Waals surface area (Å²) in [6, 6.07) is 9.02. The molecule has 4 heteroatoms. The number of hydrogen-bond donors (Lipinski definition) is 2. The zero-order valence-electron chi connectivity index (χ0n) is 9.82. The van der Waals surface area contributed by atoms with Crippen LogP contribution in [0.2, 0.25) is 0 Å². The number of nitrogens with zero attached hydrogens (tertiary/aromatic N) is 1. The Kier molecular flexibility index (Phi) is 3.23. The lowest BCUT2D eigenvalue weighted by atomic mass is 10.0. The molecule has 1 saturated heterocycles. The van der Waals surface area contributed by atoms with Crippen molar-refractivity contribution in [1.29, 1.82) is 0 Å². The number of alkyl halides is 1. The molecule has 0 bridgehead atoms. The van der Waals surface area contributed by atoms with Gasteiger partial charge in [-0.1, -0.05) is 29.8 Å². The highest BCUT2D eigenvalue weighted by molar-refractivity contribution is 6.21. The highest BCUT2D eigenvalue weighted by Gasteiger charge is 2.30. The van der Waals surface area contributed by atoms with Crippen LogP contribution in [0.1, 0.15) is 18.4 Å². The molecular formula is C13H18ClN3. The van der Waals surface area contributed by atoms with E-state index in [-0.39, 0.29) is 5.62 Å². The van der Waals surface area contributed by atoms with Gasteiger partial charge in [0.15, 0.2) is 5.62 Å². The highest BCUT2D eigenvalue weighted by Crippen LogP contribution is 2.29. The molecule has 0 amide bonds. The van der Waals surface area contributed by atoms with Crippen molar-refractivity contribution >= 4 is 17.3 Å². The lowest BCUT2D eigenvalue weighted by molar-refractivity contribution is 0.142. The fourth-order valence-corrected chi connectivity index (χ4v) is 3.09. The van der Waals surface area contributed by atoms with Crippen molar-refractivity contribution in [3.63, 3.8) is 0 Å². The summed E-state index contributed by atoms with van der Waals surface area (Å²) < 4.78 is 0. The standard InChI is InChI=1S/C13H18ClN3/c14-13-16-12-4-2-1-3-10(12)9-17(13)11-5-7-15-8-6-11/h1-4,11,13,15-16H,5-9H2. The molecule has 2 heterocycles. The summed E-state index contributed by atoms with van der Waals surface area (Å²) in [5.41, 5.74) is 2.45. The van der Waals surface area contributed by atoms with Gasteiger partial charge in [0.1, 0.15) is 0 Å². The molecule has 0 saturated carbocycles. The van der Waals surface area contributed by atoms with Crippen LogP contribution in [0.5, 0.6) is 0 Å². The van der Waals surface area contributed by atoms with Crippen molar-refractivity contribution in [2.75, 3.05) is 18.4 Å². The van der Waals surface area contributed by atoms with Crippen molar-refractivity contribution in [3.05, 3.63) is 29.8 Å². The normalized spacial score (nSPS) is 26.3. The van der Waals surface area contributed by atoms with Crippen molar-refractivity contribution in [1.82, 2.24) is 10.2 Å². The molecular weight excluding hydrogens is 234 g/mol. The minimum atomic E-state index is -0.0759. The van der Waals surface area contributed by atoms with E-state index in [1.54, 1.807) is 0 Å². The summed E-state index contributed by atoms with van der Waals surface area (Å²) in [7, 11) is 0. The van der Waals surface area contributed by atoms with Gasteiger partial charge in [-0.2, -0.15) is 0 Å². The number of rotatable bonds is 1. The maximum Gasteiger partial charge on any atom is 0.158 e.